The van der Waals surface area contributed by atoms with Crippen LogP contribution in [0, 0.1) is 0 Å². The lowest BCUT2D eigenvalue weighted by Crippen LogP contribution is -2.54. The van der Waals surface area contributed by atoms with Crippen molar-refractivity contribution < 1.29 is 29.3 Å². The van der Waals surface area contributed by atoms with E-state index in [4.69, 9.17) is 4.74 Å². The molecule has 0 saturated carbocycles. The van der Waals surface area contributed by atoms with Crippen LogP contribution in [0.2, 0.25) is 0 Å². The Morgan fingerprint density at radius 1 is 0.705 bits per heavy atom. The van der Waals surface area contributed by atoms with Gasteiger partial charge in [-0.1, -0.05) is 83.3 Å². The van der Waals surface area contributed by atoms with Gasteiger partial charge in [0.1, 0.15) is 11.1 Å². The molecular formula is C32H22N2O8S2. The van der Waals surface area contributed by atoms with Crippen LogP contribution in [0.4, 0.5) is 0 Å². The second-order valence-corrected chi connectivity index (χ2v) is 11.7. The van der Waals surface area contributed by atoms with Gasteiger partial charge in [0.25, 0.3) is 11.8 Å². The Morgan fingerprint density at radius 3 is 1.57 bits per heavy atom. The molecule has 6 aromatic rings. The molecule has 0 spiro atoms. The number of hydrogen-bond acceptors (Lipinski definition) is 10. The molecular weight excluding hydrogens is 604 g/mol. The van der Waals surface area contributed by atoms with Crippen molar-refractivity contribution in [1.29, 1.82) is 0 Å². The van der Waals surface area contributed by atoms with E-state index < -0.39 is 56.1 Å². The van der Waals surface area contributed by atoms with Gasteiger partial charge in [0, 0.05) is 20.2 Å². The number of benzene rings is 4. The summed E-state index contributed by atoms with van der Waals surface area (Å²) in [5.74, 6) is -3.41. The summed E-state index contributed by atoms with van der Waals surface area (Å²) in [6.45, 7) is 1.39. The van der Waals surface area contributed by atoms with Crippen LogP contribution in [-0.4, -0.2) is 40.8 Å². The number of nitrogens with one attached hydrogen (secondary N) is 2. The van der Waals surface area contributed by atoms with Crippen molar-refractivity contribution in [2.45, 2.75) is 13.1 Å². The first kappa shape index (κ1) is 28.8. The minimum absolute atomic E-state index is 0.120. The van der Waals surface area contributed by atoms with E-state index in [0.29, 0.717) is 20.2 Å². The summed E-state index contributed by atoms with van der Waals surface area (Å²) in [6.07, 6.45) is -1.88. The zero-order valence-electron chi connectivity index (χ0n) is 22.9. The standard InChI is InChI=1S/C32H22N2O8S2/c1-2-42-30(39)27(33-28(37)23-25(35)21-17-9-5-3-7-15(17)11-13-19(21)43-31(23)40)34-29(38)24-26(36)22-18-10-6-4-8-16(18)12-14-20(22)44-32(24)41/h3-14,27,40-41H,2H2,1H3,(H,33,37)(H,34,38). The number of carbonyl (C=O) groups is 3. The minimum Gasteiger partial charge on any atom is -0.499 e. The van der Waals surface area contributed by atoms with Crippen LogP contribution in [0.25, 0.3) is 41.7 Å². The Kier molecular flexibility index (Phi) is 7.45. The van der Waals surface area contributed by atoms with Gasteiger partial charge in [-0.05, 0) is 40.6 Å². The molecule has 12 heteroatoms. The molecule has 220 valence electrons. The minimum atomic E-state index is -1.88. The molecule has 2 heterocycles. The smallest absolute Gasteiger partial charge is 0.349 e. The summed E-state index contributed by atoms with van der Waals surface area (Å²) < 4.78 is 5.90. The molecule has 0 saturated heterocycles. The van der Waals surface area contributed by atoms with Gasteiger partial charge in [-0.2, -0.15) is 0 Å². The molecule has 0 aliphatic carbocycles. The number of fused-ring (bicyclic) bond motifs is 6. The number of hydrogen-bond donors (Lipinski definition) is 4. The maximum Gasteiger partial charge on any atom is 0.349 e. The second kappa shape index (κ2) is 11.4. The highest BCUT2D eigenvalue weighted by atomic mass is 32.1. The molecule has 2 amide bonds. The molecule has 10 nitrogen and oxygen atoms in total. The first-order valence-electron chi connectivity index (χ1n) is 13.3. The Morgan fingerprint density at radius 2 is 1.14 bits per heavy atom. The van der Waals surface area contributed by atoms with Crippen molar-refractivity contribution in [3.63, 3.8) is 0 Å². The predicted octanol–water partition coefficient (Wildman–Crippen LogP) is 4.60. The molecule has 0 atom stereocenters. The predicted molar refractivity (Wildman–Crippen MR) is 170 cm³/mol. The summed E-state index contributed by atoms with van der Waals surface area (Å²) in [6, 6.07) is 21.0. The number of rotatable bonds is 6. The number of esters is 1. The average Bonchev–Trinajstić information content (AvgIpc) is 3.00. The Labute approximate surface area is 255 Å². The van der Waals surface area contributed by atoms with Crippen LogP contribution in [0.1, 0.15) is 27.6 Å². The normalized spacial score (nSPS) is 11.3. The van der Waals surface area contributed by atoms with Crippen LogP contribution < -0.4 is 21.5 Å². The van der Waals surface area contributed by atoms with Crippen LogP contribution in [0.5, 0.6) is 10.1 Å². The third-order valence-corrected chi connectivity index (χ3v) is 8.97. The van der Waals surface area contributed by atoms with Gasteiger partial charge >= 0.3 is 5.97 Å². The molecule has 4 N–H and O–H groups in total. The fraction of sp³-hybridized carbons (Fsp3) is 0.0938. The van der Waals surface area contributed by atoms with Crippen LogP contribution in [0.3, 0.4) is 0 Å². The zero-order chi connectivity index (χ0) is 31.1. The zero-order valence-corrected chi connectivity index (χ0v) is 24.5. The lowest BCUT2D eigenvalue weighted by Gasteiger charge is -2.19. The van der Waals surface area contributed by atoms with E-state index in [9.17, 15) is 34.2 Å². The number of ether oxygens (including phenoxy) is 1. The van der Waals surface area contributed by atoms with Crippen LogP contribution in [0.15, 0.2) is 82.4 Å². The number of aromatic hydroxyl groups is 2. The van der Waals surface area contributed by atoms with Crippen molar-refractivity contribution >= 4 is 82.2 Å². The van der Waals surface area contributed by atoms with Crippen molar-refractivity contribution in [2.24, 2.45) is 0 Å². The SMILES string of the molecule is CCOC(=O)C(NC(=O)c1c(O)sc2ccc3ccccc3c2c1=O)NC(=O)c1c(O)sc2ccc3ccccc3c2c1=O. The molecule has 44 heavy (non-hydrogen) atoms. The van der Waals surface area contributed by atoms with Crippen LogP contribution in [-0.2, 0) is 9.53 Å². The molecule has 2 aromatic heterocycles. The third-order valence-electron chi connectivity index (χ3n) is 7.06. The van der Waals surface area contributed by atoms with Crippen molar-refractivity contribution in [3.8, 4) is 10.1 Å². The summed E-state index contributed by atoms with van der Waals surface area (Å²) >= 11 is 1.61. The van der Waals surface area contributed by atoms with E-state index in [2.05, 4.69) is 10.6 Å². The second-order valence-electron chi connectivity index (χ2n) is 9.67. The van der Waals surface area contributed by atoms with E-state index in [1.807, 2.05) is 0 Å². The molecule has 0 unspecified atom stereocenters. The van der Waals surface area contributed by atoms with Gasteiger partial charge in [0.2, 0.25) is 17.0 Å². The molecule has 0 fully saturated rings. The Balaban J connectivity index is 1.39. The highest BCUT2D eigenvalue weighted by Gasteiger charge is 2.31. The Hall–Kier alpha value is -5.33. The number of carbonyl (C=O) groups excluding carboxylic acids is 3. The fourth-order valence-electron chi connectivity index (χ4n) is 5.08. The first-order chi connectivity index (χ1) is 21.2. The quantitative estimate of drug-likeness (QED) is 0.119. The average molecular weight is 627 g/mol. The monoisotopic (exact) mass is 626 g/mol. The van der Waals surface area contributed by atoms with Crippen molar-refractivity contribution in [1.82, 2.24) is 10.6 Å². The van der Waals surface area contributed by atoms with Crippen molar-refractivity contribution in [3.05, 3.63) is 104 Å². The van der Waals surface area contributed by atoms with E-state index in [-0.39, 0.29) is 17.4 Å². The molecule has 0 radical (unpaired) electrons. The van der Waals surface area contributed by atoms with E-state index in [1.54, 1.807) is 72.8 Å². The van der Waals surface area contributed by atoms with Crippen molar-refractivity contribution in [2.75, 3.05) is 6.61 Å². The van der Waals surface area contributed by atoms with Gasteiger partial charge in [-0.15, -0.1) is 0 Å². The van der Waals surface area contributed by atoms with Crippen LogP contribution >= 0.6 is 22.7 Å². The summed E-state index contributed by atoms with van der Waals surface area (Å²) in [5, 5.41) is 27.7. The maximum absolute atomic E-state index is 13.6. The molecule has 0 aliphatic heterocycles. The van der Waals surface area contributed by atoms with E-state index in [0.717, 1.165) is 33.4 Å². The van der Waals surface area contributed by atoms with E-state index >= 15 is 0 Å². The van der Waals surface area contributed by atoms with Gasteiger partial charge in [-0.3, -0.25) is 19.2 Å². The highest BCUT2D eigenvalue weighted by molar-refractivity contribution is 7.20. The molecule has 6 rings (SSSR count). The molecule has 0 bridgehead atoms. The topological polar surface area (TPSA) is 159 Å². The summed E-state index contributed by atoms with van der Waals surface area (Å²) in [4.78, 5) is 66.8. The van der Waals surface area contributed by atoms with Gasteiger partial charge < -0.3 is 25.6 Å². The number of amides is 2. The van der Waals surface area contributed by atoms with E-state index in [1.165, 1.54) is 6.92 Å². The highest BCUT2D eigenvalue weighted by Crippen LogP contribution is 2.33. The van der Waals surface area contributed by atoms with Gasteiger partial charge in [0.05, 0.1) is 6.61 Å². The summed E-state index contributed by atoms with van der Waals surface area (Å²) in [5.41, 5.74) is -2.81. The lowest BCUT2D eigenvalue weighted by molar-refractivity contribution is -0.146. The molecule has 0 aliphatic rings. The molecule has 4 aromatic carbocycles. The first-order valence-corrected chi connectivity index (χ1v) is 15.0. The summed E-state index contributed by atoms with van der Waals surface area (Å²) in [7, 11) is 0. The maximum atomic E-state index is 13.6. The van der Waals surface area contributed by atoms with Gasteiger partial charge in [0.15, 0.2) is 10.1 Å². The third kappa shape index (κ3) is 4.89. The lowest BCUT2D eigenvalue weighted by atomic mass is 10.0. The fourth-order valence-corrected chi connectivity index (χ4v) is 6.96. The largest absolute Gasteiger partial charge is 0.499 e. The van der Waals surface area contributed by atoms with Gasteiger partial charge in [-0.25, -0.2) is 4.79 Å². The Bertz CT molecular complexity index is 2140.